The Morgan fingerprint density at radius 1 is 1.29 bits per heavy atom. The molecule has 0 amide bonds. The number of aromatic nitrogens is 2. The molecule has 1 aliphatic heterocycles. The Morgan fingerprint density at radius 3 is 2.57 bits per heavy atom. The zero-order valence-corrected chi connectivity index (χ0v) is 20.3. The Hall–Kier alpha value is -0.680. The van der Waals surface area contributed by atoms with E-state index < -0.39 is 0 Å². The van der Waals surface area contributed by atoms with Crippen LogP contribution in [0.15, 0.2) is 4.99 Å². The lowest BCUT2D eigenvalue weighted by Crippen LogP contribution is -2.69. The summed E-state index contributed by atoms with van der Waals surface area (Å²) < 4.78 is 10.4. The summed E-state index contributed by atoms with van der Waals surface area (Å²) >= 11 is 1.52. The third kappa shape index (κ3) is 3.98. The van der Waals surface area contributed by atoms with Crippen LogP contribution in [0.1, 0.15) is 45.4 Å². The van der Waals surface area contributed by atoms with E-state index in [4.69, 9.17) is 4.74 Å². The number of halogens is 1. The van der Waals surface area contributed by atoms with E-state index in [2.05, 4.69) is 43.3 Å². The van der Waals surface area contributed by atoms with Crippen LogP contribution in [-0.4, -0.2) is 72.2 Å². The zero-order valence-electron chi connectivity index (χ0n) is 17.2. The monoisotopic (exact) mass is 520 g/mol. The lowest BCUT2D eigenvalue weighted by atomic mass is 9.51. The molecule has 2 atom stereocenters. The van der Waals surface area contributed by atoms with Crippen molar-refractivity contribution < 1.29 is 4.74 Å². The van der Waals surface area contributed by atoms with E-state index in [1.165, 1.54) is 30.8 Å². The van der Waals surface area contributed by atoms with Gasteiger partial charge in [-0.05, 0) is 26.2 Å². The molecule has 28 heavy (non-hydrogen) atoms. The Morgan fingerprint density at radius 2 is 2.04 bits per heavy atom. The van der Waals surface area contributed by atoms with Gasteiger partial charge in [0.1, 0.15) is 5.82 Å². The molecular formula is C19H33IN6OS. The largest absolute Gasteiger partial charge is 0.378 e. The van der Waals surface area contributed by atoms with E-state index in [1.807, 2.05) is 7.05 Å². The number of rotatable bonds is 5. The van der Waals surface area contributed by atoms with Crippen molar-refractivity contribution in [1.82, 2.24) is 19.6 Å². The fourth-order valence-corrected chi connectivity index (χ4v) is 5.52. The van der Waals surface area contributed by atoms with Crippen LogP contribution < -0.4 is 10.2 Å². The maximum atomic E-state index is 5.99. The van der Waals surface area contributed by atoms with E-state index in [0.717, 1.165) is 62.5 Å². The van der Waals surface area contributed by atoms with Crippen LogP contribution in [-0.2, 0) is 11.2 Å². The molecule has 1 N–H and O–H groups in total. The van der Waals surface area contributed by atoms with Gasteiger partial charge in [-0.15, -0.1) is 24.0 Å². The van der Waals surface area contributed by atoms with E-state index in [9.17, 15) is 0 Å². The molecule has 0 aromatic carbocycles. The molecule has 4 rings (SSSR count). The van der Waals surface area contributed by atoms with Gasteiger partial charge in [0.15, 0.2) is 5.96 Å². The molecule has 1 spiro atoms. The zero-order chi connectivity index (χ0) is 18.9. The molecule has 2 heterocycles. The van der Waals surface area contributed by atoms with Gasteiger partial charge in [0.25, 0.3) is 0 Å². The van der Waals surface area contributed by atoms with E-state index in [1.54, 1.807) is 0 Å². The van der Waals surface area contributed by atoms with Crippen molar-refractivity contribution in [3.05, 3.63) is 5.82 Å². The highest BCUT2D eigenvalue weighted by Gasteiger charge is 2.59. The molecule has 3 aliphatic rings. The third-order valence-electron chi connectivity index (χ3n) is 6.58. The minimum absolute atomic E-state index is 0. The van der Waals surface area contributed by atoms with Gasteiger partial charge < -0.3 is 19.9 Å². The van der Waals surface area contributed by atoms with Crippen LogP contribution in [0.2, 0.25) is 0 Å². The van der Waals surface area contributed by atoms with E-state index in [0.29, 0.717) is 17.6 Å². The fraction of sp³-hybridized carbons (Fsp3) is 0.842. The molecule has 3 fully saturated rings. The van der Waals surface area contributed by atoms with Crippen LogP contribution in [0.5, 0.6) is 0 Å². The first-order valence-electron chi connectivity index (χ1n) is 10.4. The Kier molecular flexibility index (Phi) is 7.41. The molecule has 1 aromatic rings. The highest BCUT2D eigenvalue weighted by molar-refractivity contribution is 14.0. The fourth-order valence-electron chi connectivity index (χ4n) is 4.72. The van der Waals surface area contributed by atoms with Crippen molar-refractivity contribution in [2.24, 2.45) is 10.4 Å². The molecule has 1 aromatic heterocycles. The van der Waals surface area contributed by atoms with Crippen LogP contribution >= 0.6 is 35.5 Å². The topological polar surface area (TPSA) is 65.9 Å². The van der Waals surface area contributed by atoms with Crippen LogP contribution in [0.25, 0.3) is 0 Å². The molecular weight excluding hydrogens is 487 g/mol. The summed E-state index contributed by atoms with van der Waals surface area (Å²) in [6.45, 7) is 8.90. The quantitative estimate of drug-likeness (QED) is 0.366. The van der Waals surface area contributed by atoms with Crippen molar-refractivity contribution in [1.29, 1.82) is 0 Å². The minimum atomic E-state index is 0. The number of anilines is 1. The predicted molar refractivity (Wildman–Crippen MR) is 125 cm³/mol. The van der Waals surface area contributed by atoms with Gasteiger partial charge in [-0.25, -0.2) is 4.98 Å². The Bertz CT molecular complexity index is 671. The number of guanidine groups is 1. The van der Waals surface area contributed by atoms with Gasteiger partial charge in [-0.3, -0.25) is 4.99 Å². The van der Waals surface area contributed by atoms with Gasteiger partial charge in [0.2, 0.25) is 5.13 Å². The average molecular weight is 520 g/mol. The first kappa shape index (κ1) is 22.0. The molecule has 0 bridgehead atoms. The standard InChI is InChI=1S/C19H32N6OS.HI/c1-4-16-22-18(27-23-16)25-11-9-24(10-12-25)17(20-3)21-14-13-15(26-5-2)19(14)7-6-8-19;/h14-15H,4-13H2,1-3H3,(H,20,21);1H. The van der Waals surface area contributed by atoms with Gasteiger partial charge in [-0.1, -0.05) is 13.3 Å². The molecule has 2 saturated carbocycles. The summed E-state index contributed by atoms with van der Waals surface area (Å²) in [5, 5.41) is 4.83. The van der Waals surface area contributed by atoms with Crippen molar-refractivity contribution in [2.75, 3.05) is 44.7 Å². The van der Waals surface area contributed by atoms with Gasteiger partial charge >= 0.3 is 0 Å². The maximum Gasteiger partial charge on any atom is 0.205 e. The molecule has 0 radical (unpaired) electrons. The molecule has 2 aliphatic carbocycles. The third-order valence-corrected chi connectivity index (χ3v) is 7.39. The van der Waals surface area contributed by atoms with Crippen molar-refractivity contribution in [3.63, 3.8) is 0 Å². The number of ether oxygens (including phenoxy) is 1. The number of hydrogen-bond acceptors (Lipinski definition) is 6. The lowest BCUT2D eigenvalue weighted by molar-refractivity contribution is -0.168. The summed E-state index contributed by atoms with van der Waals surface area (Å²) in [7, 11) is 1.90. The second kappa shape index (κ2) is 9.42. The van der Waals surface area contributed by atoms with Crippen molar-refractivity contribution in [2.45, 2.75) is 58.1 Å². The summed E-state index contributed by atoms with van der Waals surface area (Å²) in [5.74, 6) is 2.00. The predicted octanol–water partition coefficient (Wildman–Crippen LogP) is 2.76. The molecule has 1 saturated heterocycles. The molecule has 9 heteroatoms. The van der Waals surface area contributed by atoms with Gasteiger partial charge in [0, 0.05) is 69.2 Å². The number of nitrogens with one attached hydrogen (secondary N) is 1. The van der Waals surface area contributed by atoms with Crippen molar-refractivity contribution >= 4 is 46.6 Å². The SMILES string of the molecule is CCOC1CC(NC(=NC)N2CCN(c3nc(CC)ns3)CC2)C12CCC2.I. The number of hydrogen-bond donors (Lipinski definition) is 1. The number of aliphatic imine (C=N–C) groups is 1. The first-order valence-corrected chi connectivity index (χ1v) is 11.1. The second-order valence-electron chi connectivity index (χ2n) is 7.83. The Balaban J connectivity index is 0.00000225. The van der Waals surface area contributed by atoms with E-state index >= 15 is 0 Å². The molecule has 2 unspecified atom stereocenters. The normalized spacial score (nSPS) is 26.5. The first-order chi connectivity index (χ1) is 13.2. The maximum absolute atomic E-state index is 5.99. The van der Waals surface area contributed by atoms with Crippen LogP contribution in [0.4, 0.5) is 5.13 Å². The summed E-state index contributed by atoms with van der Waals surface area (Å²) in [4.78, 5) is 14.0. The number of nitrogens with zero attached hydrogens (tertiary/aromatic N) is 5. The van der Waals surface area contributed by atoms with Crippen LogP contribution in [0, 0.1) is 5.41 Å². The molecule has 7 nitrogen and oxygen atoms in total. The van der Waals surface area contributed by atoms with Crippen molar-refractivity contribution in [3.8, 4) is 0 Å². The Labute approximate surface area is 189 Å². The highest BCUT2D eigenvalue weighted by Crippen LogP contribution is 2.57. The van der Waals surface area contributed by atoms with Gasteiger partial charge in [-0.2, -0.15) is 4.37 Å². The van der Waals surface area contributed by atoms with Gasteiger partial charge in [0.05, 0.1) is 6.10 Å². The lowest BCUT2D eigenvalue weighted by Gasteiger charge is -2.61. The second-order valence-corrected chi connectivity index (χ2v) is 8.56. The molecule has 158 valence electrons. The summed E-state index contributed by atoms with van der Waals surface area (Å²) in [6.07, 6.45) is 6.36. The number of piperazine rings is 1. The summed E-state index contributed by atoms with van der Waals surface area (Å²) in [6, 6.07) is 0.509. The minimum Gasteiger partial charge on any atom is -0.378 e. The summed E-state index contributed by atoms with van der Waals surface area (Å²) in [5.41, 5.74) is 0.358. The highest BCUT2D eigenvalue weighted by atomic mass is 127. The van der Waals surface area contributed by atoms with E-state index in [-0.39, 0.29) is 24.0 Å². The van der Waals surface area contributed by atoms with Crippen LogP contribution in [0.3, 0.4) is 0 Å². The number of aryl methyl sites for hydroxylation is 1. The smallest absolute Gasteiger partial charge is 0.205 e. The average Bonchev–Trinajstić information content (AvgIpc) is 3.12.